The standard InChI is InChI=1S/C64H107N21O19S/c1-32(2)26-41(54(95)78-40(62(103)104)20-21-48(89)90)79-50(91)34(5)74-57(98)44(30-87)82-55(96)42(27-35-14-7-6-8-15-35)80-58(99)45(31-105)83-59(100)46-19-13-25-85(46)61(102)39(18-12-24-73-64(70)71)77-52(93)38(17-11-23-72-63(68)69)76-56(97)43(28-47(67)88)81-60(101)49(33(3)4)84-53(94)37(16-9-10-22-65)75-51(92)36(66)29-86/h6-8,14-15,32-34,36-46,49,86-87,105H,9-13,16-31,65-66H2,1-5H3,(H2,67,88)(H,74,98)(H,75,92)(H,76,97)(H,77,93)(H,78,95)(H,79,91)(H,80,99)(H,81,101)(H,82,96)(H,83,100)(H,84,94)(H,89,90)(H,103,104)(H4,68,69,72)(H4,70,71,73)/t34-,36-,37-,38-,39-,40-,41-,42-,43-,44-,45-,46-,49-/m0/s1. The summed E-state index contributed by atoms with van der Waals surface area (Å²) >= 11 is 4.32. The Balaban J connectivity index is 2.47. The van der Waals surface area contributed by atoms with Crippen LogP contribution in [0.3, 0.4) is 0 Å². The number of amides is 13. The molecule has 0 aliphatic carbocycles. The molecule has 41 heteroatoms. The van der Waals surface area contributed by atoms with Crippen molar-refractivity contribution in [3.8, 4) is 0 Å². The number of carbonyl (C=O) groups is 15. The minimum Gasteiger partial charge on any atom is -0.481 e. The van der Waals surface area contributed by atoms with E-state index in [-0.39, 0.29) is 102 Å². The van der Waals surface area contributed by atoms with Gasteiger partial charge < -0.3 is 124 Å². The number of primary amides is 1. The number of nitrogens with one attached hydrogen (secondary N) is 11. The molecule has 0 saturated carbocycles. The van der Waals surface area contributed by atoms with Crippen molar-refractivity contribution in [3.05, 3.63) is 35.9 Å². The molecule has 29 N–H and O–H groups in total. The molecular weight excluding hydrogens is 1400 g/mol. The average Bonchev–Trinajstić information content (AvgIpc) is 1.80. The lowest BCUT2D eigenvalue weighted by Gasteiger charge is -2.31. The number of carboxylic acid groups (broad SMARTS) is 2. The van der Waals surface area contributed by atoms with Crippen LogP contribution in [-0.4, -0.2) is 250 Å². The van der Waals surface area contributed by atoms with E-state index in [1.54, 1.807) is 58.0 Å². The maximum atomic E-state index is 14.9. The summed E-state index contributed by atoms with van der Waals surface area (Å²) in [5.74, 6) is -17.4. The Morgan fingerprint density at radius 2 is 1.02 bits per heavy atom. The van der Waals surface area contributed by atoms with Crippen LogP contribution in [0.25, 0.3) is 0 Å². The molecule has 0 aromatic heterocycles. The maximum absolute atomic E-state index is 14.9. The van der Waals surface area contributed by atoms with Gasteiger partial charge in [0.25, 0.3) is 0 Å². The van der Waals surface area contributed by atoms with E-state index in [0.717, 1.165) is 4.90 Å². The summed E-state index contributed by atoms with van der Waals surface area (Å²) in [6.07, 6.45) is -1.43. The van der Waals surface area contributed by atoms with Crippen LogP contribution >= 0.6 is 12.6 Å². The summed E-state index contributed by atoms with van der Waals surface area (Å²) in [6.45, 7) is 5.98. The molecule has 1 aromatic rings. The first-order valence-corrected chi connectivity index (χ1v) is 34.9. The highest BCUT2D eigenvalue weighted by Crippen LogP contribution is 2.21. The molecule has 40 nitrogen and oxygen atoms in total. The number of nitrogens with two attached hydrogens (primary N) is 7. The molecule has 0 spiro atoms. The third-order valence-corrected chi connectivity index (χ3v) is 16.6. The van der Waals surface area contributed by atoms with Crippen LogP contribution in [0.2, 0.25) is 0 Å². The van der Waals surface area contributed by atoms with Gasteiger partial charge in [0.2, 0.25) is 76.8 Å². The molecule has 0 radical (unpaired) electrons. The summed E-state index contributed by atoms with van der Waals surface area (Å²) in [5, 5.41) is 65.5. The van der Waals surface area contributed by atoms with Gasteiger partial charge in [-0.25, -0.2) is 4.79 Å². The molecule has 1 aliphatic heterocycles. The number of carboxylic acids is 2. The quantitative estimate of drug-likeness (QED) is 0.0125. The lowest BCUT2D eigenvalue weighted by molar-refractivity contribution is -0.143. The van der Waals surface area contributed by atoms with Crippen molar-refractivity contribution in [2.24, 2.45) is 62.0 Å². The first-order valence-electron chi connectivity index (χ1n) is 34.3. The Labute approximate surface area is 612 Å². The fourth-order valence-corrected chi connectivity index (χ4v) is 10.9. The summed E-state index contributed by atoms with van der Waals surface area (Å²) in [4.78, 5) is 212. The number of nitrogens with zero attached hydrogens (tertiary/aromatic N) is 3. The van der Waals surface area contributed by atoms with Crippen LogP contribution in [0.1, 0.15) is 124 Å². The summed E-state index contributed by atoms with van der Waals surface area (Å²) in [5.41, 5.74) is 39.6. The minimum absolute atomic E-state index is 0.00128. The van der Waals surface area contributed by atoms with Crippen LogP contribution in [0.4, 0.5) is 0 Å². The number of unbranched alkanes of at least 4 members (excludes halogenated alkanes) is 1. The van der Waals surface area contributed by atoms with Gasteiger partial charge in [-0.2, -0.15) is 12.6 Å². The average molecular weight is 1510 g/mol. The Hall–Kier alpha value is -10.00. The van der Waals surface area contributed by atoms with E-state index in [1.165, 1.54) is 6.92 Å². The fourth-order valence-electron chi connectivity index (χ4n) is 10.6. The highest BCUT2D eigenvalue weighted by molar-refractivity contribution is 7.80. The monoisotopic (exact) mass is 1510 g/mol. The zero-order chi connectivity index (χ0) is 79.2. The Morgan fingerprint density at radius 3 is 1.55 bits per heavy atom. The van der Waals surface area contributed by atoms with Crippen LogP contribution < -0.4 is 98.6 Å². The minimum atomic E-state index is -1.80. The lowest BCUT2D eigenvalue weighted by Crippen LogP contribution is -2.61. The SMILES string of the molecule is CC(C)C[C@H](NC(=O)[C@H](C)NC(=O)[C@H](CO)NC(=O)[C@H](Cc1ccccc1)NC(=O)[C@H](CS)NC(=O)[C@@H]1CCCN1C(=O)[C@H](CCCN=C(N)N)NC(=O)[C@H](CCCN=C(N)N)NC(=O)[C@H](CC(N)=O)NC(=O)[C@@H](NC(=O)[C@H](CCCCN)NC(=O)[C@@H](N)CO)C(C)C)C(=O)N[C@@H](CCC(=O)O)C(=O)O. The normalized spacial score (nSPS) is 16.0. The van der Waals surface area contributed by atoms with Crippen molar-refractivity contribution in [1.29, 1.82) is 0 Å². The number of aliphatic hydroxyl groups excluding tert-OH is 2. The van der Waals surface area contributed by atoms with Crippen molar-refractivity contribution in [2.75, 3.05) is 45.1 Å². The molecule has 1 saturated heterocycles. The summed E-state index contributed by atoms with van der Waals surface area (Å²) in [6, 6.07) is -11.3. The van der Waals surface area contributed by atoms with Gasteiger partial charge in [0.1, 0.15) is 78.5 Å². The lowest BCUT2D eigenvalue weighted by atomic mass is 10.0. The van der Waals surface area contributed by atoms with Crippen LogP contribution in [0.5, 0.6) is 0 Å². The Kier molecular flexibility index (Phi) is 41.1. The molecule has 105 heavy (non-hydrogen) atoms. The third-order valence-electron chi connectivity index (χ3n) is 16.3. The van der Waals surface area contributed by atoms with Gasteiger partial charge in [0, 0.05) is 38.2 Å². The molecular formula is C64H107N21O19S. The molecule has 13 amide bonds. The summed E-state index contributed by atoms with van der Waals surface area (Å²) in [7, 11) is 0. The molecule has 1 heterocycles. The Morgan fingerprint density at radius 1 is 0.533 bits per heavy atom. The first-order chi connectivity index (χ1) is 49.5. The van der Waals surface area contributed by atoms with E-state index in [1.807, 2.05) is 0 Å². The van der Waals surface area contributed by atoms with Crippen molar-refractivity contribution in [1.82, 2.24) is 63.4 Å². The van der Waals surface area contributed by atoms with Gasteiger partial charge in [0.15, 0.2) is 11.9 Å². The maximum Gasteiger partial charge on any atom is 0.326 e. The van der Waals surface area contributed by atoms with E-state index >= 15 is 0 Å². The fraction of sp³-hybridized carbons (Fsp3) is 0.641. The number of benzene rings is 1. The molecule has 0 unspecified atom stereocenters. The van der Waals surface area contributed by atoms with Crippen LogP contribution in [0.15, 0.2) is 40.3 Å². The van der Waals surface area contributed by atoms with Gasteiger partial charge >= 0.3 is 11.9 Å². The Bertz CT molecular complexity index is 3180. The van der Waals surface area contributed by atoms with E-state index in [4.69, 9.17) is 45.2 Å². The number of guanidine groups is 2. The highest BCUT2D eigenvalue weighted by atomic mass is 32.1. The number of hydrogen-bond donors (Lipinski definition) is 23. The van der Waals surface area contributed by atoms with E-state index in [2.05, 4.69) is 81.1 Å². The van der Waals surface area contributed by atoms with Gasteiger partial charge in [-0.05, 0) is 101 Å². The molecule has 13 atom stereocenters. The molecule has 588 valence electrons. The van der Waals surface area contributed by atoms with Gasteiger partial charge in [-0.15, -0.1) is 0 Å². The smallest absolute Gasteiger partial charge is 0.326 e. The van der Waals surface area contributed by atoms with Crippen molar-refractivity contribution in [2.45, 2.75) is 203 Å². The van der Waals surface area contributed by atoms with Crippen molar-refractivity contribution < 1.29 is 92.3 Å². The van der Waals surface area contributed by atoms with Gasteiger partial charge in [-0.1, -0.05) is 58.0 Å². The van der Waals surface area contributed by atoms with Crippen molar-refractivity contribution >= 4 is 113 Å². The van der Waals surface area contributed by atoms with Crippen molar-refractivity contribution in [3.63, 3.8) is 0 Å². The number of thiol groups is 1. The number of aliphatic carboxylic acids is 2. The predicted molar refractivity (Wildman–Crippen MR) is 383 cm³/mol. The molecule has 1 aromatic carbocycles. The van der Waals surface area contributed by atoms with E-state index < -0.39 is 211 Å². The number of carbonyl (C=O) groups excluding carboxylic acids is 13. The molecule has 1 fully saturated rings. The largest absolute Gasteiger partial charge is 0.481 e. The predicted octanol–water partition coefficient (Wildman–Crippen LogP) is -8.42. The highest BCUT2D eigenvalue weighted by Gasteiger charge is 2.41. The number of aliphatic hydroxyl groups is 2. The molecule has 1 aliphatic rings. The second-order valence-corrected chi connectivity index (χ2v) is 26.2. The topological polar surface area (TPSA) is 679 Å². The van der Waals surface area contributed by atoms with E-state index in [9.17, 15) is 87.2 Å². The number of aliphatic imine (C=N–C) groups is 2. The van der Waals surface area contributed by atoms with Crippen LogP contribution in [0, 0.1) is 11.8 Å². The zero-order valence-corrected chi connectivity index (χ0v) is 60.5. The van der Waals surface area contributed by atoms with Gasteiger partial charge in [0.05, 0.1) is 19.6 Å². The molecule has 2 rings (SSSR count). The zero-order valence-electron chi connectivity index (χ0n) is 59.6. The number of hydrogen-bond acceptors (Lipinski definition) is 22. The number of rotatable bonds is 49. The van der Waals surface area contributed by atoms with Gasteiger partial charge in [-0.3, -0.25) is 77.1 Å². The second kappa shape index (κ2) is 47.4. The number of likely N-dealkylation sites (tertiary alicyclic amines) is 1. The second-order valence-electron chi connectivity index (χ2n) is 25.8. The third kappa shape index (κ3) is 33.5. The molecule has 0 bridgehead atoms. The first kappa shape index (κ1) is 91.1. The van der Waals surface area contributed by atoms with E-state index in [0.29, 0.717) is 18.4 Å². The summed E-state index contributed by atoms with van der Waals surface area (Å²) < 4.78 is 0. The van der Waals surface area contributed by atoms with Crippen LogP contribution in [-0.2, 0) is 78.3 Å².